The van der Waals surface area contributed by atoms with E-state index >= 15 is 0 Å². The molecule has 0 atom stereocenters. The second kappa shape index (κ2) is 6.27. The standard InChI is InChI=1S/C9H14F3N3OS/c1-6(2)13-3-7-14-15-8(17-7)4-16-5-9(10,11)12/h6,13H,3-5H2,1-2H3. The Labute approximate surface area is 101 Å². The summed E-state index contributed by atoms with van der Waals surface area (Å²) in [4.78, 5) is 0. The van der Waals surface area contributed by atoms with Gasteiger partial charge in [0, 0.05) is 12.6 Å². The van der Waals surface area contributed by atoms with Crippen LogP contribution in [-0.4, -0.2) is 29.0 Å². The van der Waals surface area contributed by atoms with Gasteiger partial charge in [0.15, 0.2) is 0 Å². The largest absolute Gasteiger partial charge is 0.411 e. The highest BCUT2D eigenvalue weighted by Crippen LogP contribution is 2.16. The molecular formula is C9H14F3N3OS. The van der Waals surface area contributed by atoms with Crippen molar-refractivity contribution >= 4 is 11.3 Å². The average Bonchev–Trinajstić information content (AvgIpc) is 2.61. The van der Waals surface area contributed by atoms with E-state index in [-0.39, 0.29) is 6.61 Å². The molecular weight excluding hydrogens is 255 g/mol. The van der Waals surface area contributed by atoms with Crippen molar-refractivity contribution in [2.75, 3.05) is 6.61 Å². The monoisotopic (exact) mass is 269 g/mol. The molecule has 1 N–H and O–H groups in total. The zero-order valence-electron chi connectivity index (χ0n) is 9.54. The summed E-state index contributed by atoms with van der Waals surface area (Å²) in [6.07, 6.45) is -4.30. The van der Waals surface area contributed by atoms with Crippen LogP contribution >= 0.6 is 11.3 Å². The lowest BCUT2D eigenvalue weighted by molar-refractivity contribution is -0.176. The fraction of sp³-hybridized carbons (Fsp3) is 0.778. The minimum atomic E-state index is -4.30. The van der Waals surface area contributed by atoms with Crippen LogP contribution in [0.4, 0.5) is 13.2 Å². The molecule has 4 nitrogen and oxygen atoms in total. The molecule has 1 rings (SSSR count). The average molecular weight is 269 g/mol. The van der Waals surface area contributed by atoms with Crippen LogP contribution in [0.15, 0.2) is 0 Å². The number of alkyl halides is 3. The van der Waals surface area contributed by atoms with Gasteiger partial charge in [-0.15, -0.1) is 10.2 Å². The van der Waals surface area contributed by atoms with Crippen molar-refractivity contribution in [1.82, 2.24) is 15.5 Å². The van der Waals surface area contributed by atoms with Gasteiger partial charge in [-0.1, -0.05) is 25.2 Å². The van der Waals surface area contributed by atoms with Crippen molar-refractivity contribution in [1.29, 1.82) is 0 Å². The van der Waals surface area contributed by atoms with Gasteiger partial charge in [-0.25, -0.2) is 0 Å². The van der Waals surface area contributed by atoms with Crippen molar-refractivity contribution in [2.24, 2.45) is 0 Å². The van der Waals surface area contributed by atoms with Gasteiger partial charge in [0.2, 0.25) is 0 Å². The molecule has 0 unspecified atom stereocenters. The van der Waals surface area contributed by atoms with E-state index < -0.39 is 12.8 Å². The van der Waals surface area contributed by atoms with E-state index in [1.807, 2.05) is 13.8 Å². The van der Waals surface area contributed by atoms with E-state index in [9.17, 15) is 13.2 Å². The van der Waals surface area contributed by atoms with Gasteiger partial charge >= 0.3 is 6.18 Å². The van der Waals surface area contributed by atoms with Crippen molar-refractivity contribution in [2.45, 2.75) is 39.2 Å². The lowest BCUT2D eigenvalue weighted by atomic mass is 10.4. The number of hydrogen-bond donors (Lipinski definition) is 1. The van der Waals surface area contributed by atoms with Crippen LogP contribution in [0.3, 0.4) is 0 Å². The predicted octanol–water partition coefficient (Wildman–Crippen LogP) is 2.12. The van der Waals surface area contributed by atoms with Crippen LogP contribution in [-0.2, 0) is 17.9 Å². The van der Waals surface area contributed by atoms with Gasteiger partial charge in [-0.3, -0.25) is 0 Å². The first-order chi connectivity index (χ1) is 7.87. The smallest absolute Gasteiger partial charge is 0.365 e. The Hall–Kier alpha value is -0.730. The van der Waals surface area contributed by atoms with Gasteiger partial charge in [-0.2, -0.15) is 13.2 Å². The number of nitrogens with zero attached hydrogens (tertiary/aromatic N) is 2. The number of halogens is 3. The summed E-state index contributed by atoms with van der Waals surface area (Å²) in [5.41, 5.74) is 0. The third kappa shape index (κ3) is 6.54. The van der Waals surface area contributed by atoms with Crippen molar-refractivity contribution in [3.63, 3.8) is 0 Å². The van der Waals surface area contributed by atoms with E-state index in [0.29, 0.717) is 17.6 Å². The fourth-order valence-electron chi connectivity index (χ4n) is 0.964. The third-order valence-corrected chi connectivity index (χ3v) is 2.56. The Morgan fingerprint density at radius 1 is 1.29 bits per heavy atom. The molecule has 0 amide bonds. The molecule has 0 aliphatic rings. The molecule has 0 bridgehead atoms. The molecule has 1 heterocycles. The molecule has 0 saturated heterocycles. The van der Waals surface area contributed by atoms with Gasteiger partial charge < -0.3 is 10.1 Å². The second-order valence-corrected chi connectivity index (χ2v) is 4.88. The summed E-state index contributed by atoms with van der Waals surface area (Å²) >= 11 is 1.25. The second-order valence-electron chi connectivity index (χ2n) is 3.73. The minimum absolute atomic E-state index is 0.154. The SMILES string of the molecule is CC(C)NCc1nnc(COCC(F)(F)F)s1. The molecule has 98 valence electrons. The molecule has 0 spiro atoms. The molecule has 0 aromatic carbocycles. The quantitative estimate of drug-likeness (QED) is 0.859. The highest BCUT2D eigenvalue weighted by molar-refractivity contribution is 7.11. The molecule has 0 aliphatic carbocycles. The maximum absolute atomic E-state index is 11.8. The summed E-state index contributed by atoms with van der Waals surface area (Å²) in [7, 11) is 0. The summed E-state index contributed by atoms with van der Waals surface area (Å²) in [5, 5.41) is 11.9. The predicted molar refractivity (Wildman–Crippen MR) is 57.6 cm³/mol. The number of rotatable bonds is 6. The fourth-order valence-corrected chi connectivity index (χ4v) is 1.70. The molecule has 1 aromatic heterocycles. The van der Waals surface area contributed by atoms with Gasteiger partial charge in [0.05, 0.1) is 0 Å². The van der Waals surface area contributed by atoms with Gasteiger partial charge in [0.25, 0.3) is 0 Å². The van der Waals surface area contributed by atoms with Crippen LogP contribution in [0, 0.1) is 0 Å². The van der Waals surface area contributed by atoms with E-state index in [1.54, 1.807) is 0 Å². The van der Waals surface area contributed by atoms with Crippen LogP contribution in [0.2, 0.25) is 0 Å². The highest BCUT2D eigenvalue weighted by Gasteiger charge is 2.27. The summed E-state index contributed by atoms with van der Waals surface area (Å²) in [6, 6.07) is 0.323. The first kappa shape index (κ1) is 14.3. The van der Waals surface area contributed by atoms with E-state index in [1.165, 1.54) is 11.3 Å². The molecule has 0 aliphatic heterocycles. The van der Waals surface area contributed by atoms with E-state index in [0.717, 1.165) is 5.01 Å². The van der Waals surface area contributed by atoms with Crippen LogP contribution in [0.1, 0.15) is 23.9 Å². The van der Waals surface area contributed by atoms with Crippen molar-refractivity contribution in [3.8, 4) is 0 Å². The molecule has 0 radical (unpaired) electrons. The number of ether oxygens (including phenoxy) is 1. The Bertz CT molecular complexity index is 340. The first-order valence-corrected chi connectivity index (χ1v) is 5.87. The van der Waals surface area contributed by atoms with Crippen molar-refractivity contribution in [3.05, 3.63) is 10.0 Å². The van der Waals surface area contributed by atoms with Crippen LogP contribution < -0.4 is 5.32 Å². The Balaban J connectivity index is 2.31. The topological polar surface area (TPSA) is 47.0 Å². The summed E-state index contributed by atoms with van der Waals surface area (Å²) in [5.74, 6) is 0. The highest BCUT2D eigenvalue weighted by atomic mass is 32.1. The lowest BCUT2D eigenvalue weighted by Gasteiger charge is -2.05. The maximum atomic E-state index is 11.8. The van der Waals surface area contributed by atoms with Gasteiger partial charge in [0.1, 0.15) is 23.2 Å². The normalized spacial score (nSPS) is 12.4. The molecule has 1 aromatic rings. The number of aromatic nitrogens is 2. The Kier molecular flexibility index (Phi) is 5.29. The van der Waals surface area contributed by atoms with Crippen LogP contribution in [0.5, 0.6) is 0 Å². The van der Waals surface area contributed by atoms with Gasteiger partial charge in [-0.05, 0) is 0 Å². The lowest BCUT2D eigenvalue weighted by Crippen LogP contribution is -2.21. The van der Waals surface area contributed by atoms with E-state index in [2.05, 4.69) is 20.3 Å². The number of hydrogen-bond acceptors (Lipinski definition) is 5. The molecule has 0 saturated carbocycles. The zero-order valence-corrected chi connectivity index (χ0v) is 10.4. The third-order valence-electron chi connectivity index (χ3n) is 1.66. The summed E-state index contributed by atoms with van der Waals surface area (Å²) in [6.45, 7) is 3.14. The summed E-state index contributed by atoms with van der Waals surface area (Å²) < 4.78 is 39.9. The maximum Gasteiger partial charge on any atom is 0.411 e. The number of nitrogens with one attached hydrogen (secondary N) is 1. The Morgan fingerprint density at radius 3 is 2.53 bits per heavy atom. The van der Waals surface area contributed by atoms with Crippen molar-refractivity contribution < 1.29 is 17.9 Å². The molecule has 17 heavy (non-hydrogen) atoms. The van der Waals surface area contributed by atoms with Crippen LogP contribution in [0.25, 0.3) is 0 Å². The molecule has 8 heteroatoms. The minimum Gasteiger partial charge on any atom is -0.365 e. The zero-order chi connectivity index (χ0) is 12.9. The first-order valence-electron chi connectivity index (χ1n) is 5.06. The Morgan fingerprint density at radius 2 is 1.94 bits per heavy atom. The van der Waals surface area contributed by atoms with E-state index in [4.69, 9.17) is 0 Å². The molecule has 0 fully saturated rings.